The fourth-order valence-corrected chi connectivity index (χ4v) is 2.84. The molecule has 1 amide bonds. The molecule has 0 bridgehead atoms. The number of nitrogens with zero attached hydrogens (tertiary/aromatic N) is 2. The van der Waals surface area contributed by atoms with Gasteiger partial charge in [-0.15, -0.1) is 13.2 Å². The van der Waals surface area contributed by atoms with Gasteiger partial charge in [-0.3, -0.25) is 9.69 Å². The average molecular weight is 277 g/mol. The number of rotatable bonds is 9. The lowest BCUT2D eigenvalue weighted by atomic mass is 10.2. The van der Waals surface area contributed by atoms with E-state index in [-0.39, 0.29) is 5.91 Å². The first-order valence-corrected chi connectivity index (χ1v) is 7.71. The summed E-state index contributed by atoms with van der Waals surface area (Å²) in [7, 11) is 0. The van der Waals surface area contributed by atoms with E-state index in [1.54, 1.807) is 12.2 Å². The van der Waals surface area contributed by atoms with Gasteiger partial charge < -0.3 is 10.2 Å². The summed E-state index contributed by atoms with van der Waals surface area (Å²) in [6.07, 6.45) is 8.53. The molecule has 1 atom stereocenters. The molecule has 0 radical (unpaired) electrons. The molecule has 1 N–H and O–H groups in total. The number of hydrogen-bond donors (Lipinski definition) is 1. The Morgan fingerprint density at radius 2 is 1.90 bits per heavy atom. The van der Waals surface area contributed by atoms with Crippen molar-refractivity contribution < 1.29 is 4.79 Å². The number of carbonyl (C=O) groups excluding carboxylic acids is 1. The van der Waals surface area contributed by atoms with Gasteiger partial charge in [-0.2, -0.15) is 0 Å². The molecule has 1 saturated carbocycles. The van der Waals surface area contributed by atoms with Crippen molar-refractivity contribution in [2.45, 2.75) is 37.8 Å². The van der Waals surface area contributed by atoms with Crippen LogP contribution in [0.1, 0.15) is 25.7 Å². The highest BCUT2D eigenvalue weighted by molar-refractivity contribution is 5.78. The number of amides is 1. The number of hydrogen-bond acceptors (Lipinski definition) is 3. The van der Waals surface area contributed by atoms with E-state index < -0.39 is 0 Å². The van der Waals surface area contributed by atoms with Crippen LogP contribution in [0.3, 0.4) is 0 Å². The summed E-state index contributed by atoms with van der Waals surface area (Å²) in [6, 6.07) is 1.19. The summed E-state index contributed by atoms with van der Waals surface area (Å²) >= 11 is 0. The standard InChI is InChI=1S/C16H27N3O/c1-3-10-18(11-4-2)16(20)13-19(15-7-8-15)12-14-6-5-9-17-14/h3-4,14-15,17H,1-2,5-13H2. The molecule has 1 unspecified atom stereocenters. The van der Waals surface area contributed by atoms with E-state index in [0.717, 1.165) is 13.1 Å². The molecular weight excluding hydrogens is 250 g/mol. The fourth-order valence-electron chi connectivity index (χ4n) is 2.84. The second kappa shape index (κ2) is 7.60. The fraction of sp³-hybridized carbons (Fsp3) is 0.688. The zero-order valence-electron chi connectivity index (χ0n) is 12.4. The minimum Gasteiger partial charge on any atom is -0.334 e. The van der Waals surface area contributed by atoms with Crippen LogP contribution in [-0.4, -0.2) is 60.5 Å². The molecule has 2 rings (SSSR count). The summed E-state index contributed by atoms with van der Waals surface area (Å²) in [5, 5.41) is 3.52. The van der Waals surface area contributed by atoms with Gasteiger partial charge in [-0.25, -0.2) is 0 Å². The first-order valence-electron chi connectivity index (χ1n) is 7.71. The van der Waals surface area contributed by atoms with Crippen molar-refractivity contribution in [2.24, 2.45) is 0 Å². The van der Waals surface area contributed by atoms with E-state index in [0.29, 0.717) is 31.7 Å². The molecule has 0 aromatic rings. The van der Waals surface area contributed by atoms with Crippen molar-refractivity contribution in [2.75, 3.05) is 32.7 Å². The molecule has 0 aromatic carbocycles. The molecule has 20 heavy (non-hydrogen) atoms. The molecule has 0 spiro atoms. The van der Waals surface area contributed by atoms with Crippen molar-refractivity contribution in [3.05, 3.63) is 25.3 Å². The molecule has 4 nitrogen and oxygen atoms in total. The molecule has 112 valence electrons. The van der Waals surface area contributed by atoms with Gasteiger partial charge in [0.25, 0.3) is 0 Å². The van der Waals surface area contributed by atoms with Crippen molar-refractivity contribution >= 4 is 5.91 Å². The minimum absolute atomic E-state index is 0.190. The monoisotopic (exact) mass is 277 g/mol. The van der Waals surface area contributed by atoms with E-state index in [4.69, 9.17) is 0 Å². The Bertz CT molecular complexity index is 336. The summed E-state index contributed by atoms with van der Waals surface area (Å²) in [5.41, 5.74) is 0. The van der Waals surface area contributed by atoms with Crippen LogP contribution < -0.4 is 5.32 Å². The van der Waals surface area contributed by atoms with Gasteiger partial charge in [-0.1, -0.05) is 12.2 Å². The van der Waals surface area contributed by atoms with E-state index >= 15 is 0 Å². The predicted octanol–water partition coefficient (Wildman–Crippen LogP) is 1.40. The lowest BCUT2D eigenvalue weighted by molar-refractivity contribution is -0.131. The van der Waals surface area contributed by atoms with Crippen molar-refractivity contribution in [1.29, 1.82) is 0 Å². The highest BCUT2D eigenvalue weighted by Crippen LogP contribution is 2.27. The Morgan fingerprint density at radius 1 is 1.20 bits per heavy atom. The van der Waals surface area contributed by atoms with Gasteiger partial charge >= 0.3 is 0 Å². The van der Waals surface area contributed by atoms with Gasteiger partial charge in [-0.05, 0) is 32.2 Å². The van der Waals surface area contributed by atoms with Crippen LogP contribution in [0.4, 0.5) is 0 Å². The summed E-state index contributed by atoms with van der Waals surface area (Å²) in [6.45, 7) is 11.3. The second-order valence-electron chi connectivity index (χ2n) is 5.83. The van der Waals surface area contributed by atoms with E-state index in [1.165, 1.54) is 25.7 Å². The highest BCUT2D eigenvalue weighted by atomic mass is 16.2. The molecular formula is C16H27N3O. The SMILES string of the molecule is C=CCN(CC=C)C(=O)CN(CC1CCCN1)C1CC1. The normalized spacial score (nSPS) is 21.9. The summed E-state index contributed by atoms with van der Waals surface area (Å²) in [5.74, 6) is 0.190. The van der Waals surface area contributed by atoms with Gasteiger partial charge in [0.15, 0.2) is 0 Å². The van der Waals surface area contributed by atoms with Crippen LogP contribution in [0.2, 0.25) is 0 Å². The maximum absolute atomic E-state index is 12.4. The first kappa shape index (κ1) is 15.3. The summed E-state index contributed by atoms with van der Waals surface area (Å²) < 4.78 is 0. The second-order valence-corrected chi connectivity index (χ2v) is 5.83. The first-order chi connectivity index (χ1) is 9.74. The Balaban J connectivity index is 1.86. The van der Waals surface area contributed by atoms with Crippen molar-refractivity contribution in [1.82, 2.24) is 15.1 Å². The van der Waals surface area contributed by atoms with Crippen LogP contribution in [-0.2, 0) is 4.79 Å². The lowest BCUT2D eigenvalue weighted by Crippen LogP contribution is -2.45. The molecule has 1 aliphatic heterocycles. The molecule has 1 heterocycles. The van der Waals surface area contributed by atoms with Crippen LogP contribution in [0.5, 0.6) is 0 Å². The predicted molar refractivity (Wildman–Crippen MR) is 82.6 cm³/mol. The van der Waals surface area contributed by atoms with Crippen LogP contribution in [0, 0.1) is 0 Å². The Kier molecular flexibility index (Phi) is 5.80. The minimum atomic E-state index is 0.190. The maximum Gasteiger partial charge on any atom is 0.237 e. The Morgan fingerprint density at radius 3 is 2.40 bits per heavy atom. The lowest BCUT2D eigenvalue weighted by Gasteiger charge is -2.28. The maximum atomic E-state index is 12.4. The van der Waals surface area contributed by atoms with Crippen LogP contribution in [0.15, 0.2) is 25.3 Å². The van der Waals surface area contributed by atoms with E-state index in [1.807, 2.05) is 4.90 Å². The molecule has 0 aromatic heterocycles. The van der Waals surface area contributed by atoms with E-state index in [9.17, 15) is 4.79 Å². The topological polar surface area (TPSA) is 35.6 Å². The largest absolute Gasteiger partial charge is 0.334 e. The van der Waals surface area contributed by atoms with Gasteiger partial charge in [0.05, 0.1) is 6.54 Å². The zero-order chi connectivity index (χ0) is 14.4. The quantitative estimate of drug-likeness (QED) is 0.647. The van der Waals surface area contributed by atoms with Crippen LogP contribution >= 0.6 is 0 Å². The molecule has 4 heteroatoms. The number of nitrogens with one attached hydrogen (secondary N) is 1. The zero-order valence-corrected chi connectivity index (χ0v) is 12.4. The van der Waals surface area contributed by atoms with Crippen molar-refractivity contribution in [3.63, 3.8) is 0 Å². The highest BCUT2D eigenvalue weighted by Gasteiger charge is 2.33. The third-order valence-corrected chi connectivity index (χ3v) is 4.07. The Labute approximate surface area is 122 Å². The van der Waals surface area contributed by atoms with E-state index in [2.05, 4.69) is 23.4 Å². The van der Waals surface area contributed by atoms with Gasteiger partial charge in [0.2, 0.25) is 5.91 Å². The summed E-state index contributed by atoms with van der Waals surface area (Å²) in [4.78, 5) is 16.6. The van der Waals surface area contributed by atoms with Crippen molar-refractivity contribution in [3.8, 4) is 0 Å². The Hall–Kier alpha value is -1.13. The third-order valence-electron chi connectivity index (χ3n) is 4.07. The van der Waals surface area contributed by atoms with Gasteiger partial charge in [0.1, 0.15) is 0 Å². The molecule has 1 aliphatic carbocycles. The van der Waals surface area contributed by atoms with Gasteiger partial charge in [0, 0.05) is 31.7 Å². The van der Waals surface area contributed by atoms with Crippen LogP contribution in [0.25, 0.3) is 0 Å². The molecule has 2 aliphatic rings. The smallest absolute Gasteiger partial charge is 0.237 e. The third kappa shape index (κ3) is 4.46. The molecule has 2 fully saturated rings. The molecule has 1 saturated heterocycles. The number of carbonyl (C=O) groups is 1. The average Bonchev–Trinajstić information content (AvgIpc) is 3.16.